The van der Waals surface area contributed by atoms with E-state index in [2.05, 4.69) is 45.0 Å². The Morgan fingerprint density at radius 1 is 1.11 bits per heavy atom. The second kappa shape index (κ2) is 5.22. The topological polar surface area (TPSA) is 19.5 Å². The molecular weight excluding hydrogens is 234 g/mol. The predicted octanol–water partition coefficient (Wildman–Crippen LogP) is 1.90. The summed E-state index contributed by atoms with van der Waals surface area (Å²) in [6, 6.07) is 14.8. The molecule has 19 heavy (non-hydrogen) atoms. The van der Waals surface area contributed by atoms with E-state index in [0.717, 1.165) is 25.2 Å². The van der Waals surface area contributed by atoms with Gasteiger partial charge in [0.15, 0.2) is 6.20 Å². The first-order valence-corrected chi connectivity index (χ1v) is 6.63. The van der Waals surface area contributed by atoms with E-state index in [1.165, 1.54) is 11.1 Å². The molecule has 1 aliphatic rings. The van der Waals surface area contributed by atoms with Crippen molar-refractivity contribution in [3.05, 3.63) is 65.5 Å². The van der Waals surface area contributed by atoms with Crippen LogP contribution in [-0.2, 0) is 20.0 Å². The van der Waals surface area contributed by atoms with Crippen LogP contribution in [-0.4, -0.2) is 17.8 Å². The molecule has 3 nitrogen and oxygen atoms in total. The smallest absolute Gasteiger partial charge is 0.225 e. The quantitative estimate of drug-likeness (QED) is 0.590. The fourth-order valence-corrected chi connectivity index (χ4v) is 2.39. The van der Waals surface area contributed by atoms with Gasteiger partial charge in [-0.15, -0.1) is 0 Å². The molecule has 0 amide bonds. The molecule has 0 saturated heterocycles. The van der Waals surface area contributed by atoms with Crippen LogP contribution in [0.1, 0.15) is 16.8 Å². The maximum atomic E-state index is 4.60. The Morgan fingerprint density at radius 3 is 2.74 bits per heavy atom. The molecule has 3 heteroatoms. The number of nitrogens with zero attached hydrogens (tertiary/aromatic N) is 3. The van der Waals surface area contributed by atoms with Crippen LogP contribution in [0.25, 0.3) is 0 Å². The number of fused-ring (bicyclic) bond motifs is 1. The number of aryl methyl sites for hydroxylation is 1. The zero-order valence-corrected chi connectivity index (χ0v) is 11.2. The molecule has 0 fully saturated rings. The molecule has 1 aliphatic heterocycles. The lowest BCUT2D eigenvalue weighted by molar-refractivity contribution is -0.672. The van der Waals surface area contributed by atoms with Gasteiger partial charge < -0.3 is 0 Å². The third-order valence-corrected chi connectivity index (χ3v) is 3.56. The Morgan fingerprint density at radius 2 is 1.89 bits per heavy atom. The maximum absolute atomic E-state index is 4.60. The summed E-state index contributed by atoms with van der Waals surface area (Å²) in [5.41, 5.74) is 3.96. The van der Waals surface area contributed by atoms with Gasteiger partial charge in [0.05, 0.1) is 6.54 Å². The summed E-state index contributed by atoms with van der Waals surface area (Å²) in [6.07, 6.45) is 5.05. The van der Waals surface area contributed by atoms with Crippen molar-refractivity contribution in [1.29, 1.82) is 0 Å². The van der Waals surface area contributed by atoms with Gasteiger partial charge in [0, 0.05) is 18.7 Å². The van der Waals surface area contributed by atoms with Gasteiger partial charge in [-0.3, -0.25) is 5.01 Å². The minimum absolute atomic E-state index is 0.906. The molecule has 2 aromatic rings. The minimum atomic E-state index is 0.906. The van der Waals surface area contributed by atoms with Gasteiger partial charge in [0.25, 0.3) is 0 Å². The number of pyridine rings is 1. The van der Waals surface area contributed by atoms with E-state index in [1.54, 1.807) is 0 Å². The summed E-state index contributed by atoms with van der Waals surface area (Å²) in [5.74, 6) is 0. The van der Waals surface area contributed by atoms with Gasteiger partial charge in [0.2, 0.25) is 5.69 Å². The lowest BCUT2D eigenvalue weighted by Crippen LogP contribution is -2.33. The predicted molar refractivity (Wildman–Crippen MR) is 75.8 cm³/mol. The second-order valence-electron chi connectivity index (χ2n) is 4.89. The normalized spacial score (nSPS) is 14.7. The van der Waals surface area contributed by atoms with Crippen molar-refractivity contribution in [3.63, 3.8) is 0 Å². The molecule has 1 aromatic carbocycles. The Bertz CT molecular complexity index is 604. The fraction of sp³-hybridized carbons (Fsp3) is 0.250. The molecule has 0 atom stereocenters. The Labute approximate surface area is 113 Å². The lowest BCUT2D eigenvalue weighted by Gasteiger charge is -2.25. The molecule has 96 valence electrons. The standard InChI is InChI=1S/C16H18N3/c1-18-10-5-4-8-16(18)12-17-19-11-9-14-6-2-3-7-15(14)13-19/h2-8,10,12H,9,11,13H2,1H3/q+1. The van der Waals surface area contributed by atoms with Crippen molar-refractivity contribution in [2.24, 2.45) is 12.1 Å². The highest BCUT2D eigenvalue weighted by atomic mass is 15.4. The van der Waals surface area contributed by atoms with Crippen molar-refractivity contribution in [1.82, 2.24) is 5.01 Å². The SMILES string of the molecule is C[n+]1ccccc1C=NN1CCc2ccccc2C1. The molecule has 1 aromatic heterocycles. The molecule has 0 bridgehead atoms. The molecule has 0 spiro atoms. The van der Waals surface area contributed by atoms with Gasteiger partial charge in [-0.2, -0.15) is 5.10 Å². The largest absolute Gasteiger partial charge is 0.292 e. The Balaban J connectivity index is 1.74. The maximum Gasteiger partial charge on any atom is 0.225 e. The minimum Gasteiger partial charge on any atom is -0.292 e. The van der Waals surface area contributed by atoms with Gasteiger partial charge in [-0.05, 0) is 23.6 Å². The van der Waals surface area contributed by atoms with Crippen molar-refractivity contribution >= 4 is 6.21 Å². The lowest BCUT2D eigenvalue weighted by atomic mass is 10.0. The summed E-state index contributed by atoms with van der Waals surface area (Å²) < 4.78 is 2.07. The number of aromatic nitrogens is 1. The highest BCUT2D eigenvalue weighted by Gasteiger charge is 2.13. The average Bonchev–Trinajstić information content (AvgIpc) is 2.46. The van der Waals surface area contributed by atoms with Gasteiger partial charge in [-0.1, -0.05) is 24.3 Å². The zero-order chi connectivity index (χ0) is 13.1. The highest BCUT2D eigenvalue weighted by molar-refractivity contribution is 5.74. The van der Waals surface area contributed by atoms with Crippen LogP contribution < -0.4 is 4.57 Å². The Hall–Kier alpha value is -2.16. The van der Waals surface area contributed by atoms with Crippen LogP contribution in [0.3, 0.4) is 0 Å². The van der Waals surface area contributed by atoms with Crippen molar-refractivity contribution in [2.45, 2.75) is 13.0 Å². The van der Waals surface area contributed by atoms with E-state index in [1.807, 2.05) is 31.6 Å². The molecule has 2 heterocycles. The second-order valence-corrected chi connectivity index (χ2v) is 4.89. The highest BCUT2D eigenvalue weighted by Crippen LogP contribution is 2.18. The van der Waals surface area contributed by atoms with E-state index in [9.17, 15) is 0 Å². The van der Waals surface area contributed by atoms with E-state index >= 15 is 0 Å². The van der Waals surface area contributed by atoms with Gasteiger partial charge in [-0.25, -0.2) is 4.57 Å². The van der Waals surface area contributed by atoms with E-state index in [-0.39, 0.29) is 0 Å². The molecule has 0 N–H and O–H groups in total. The molecule has 0 aliphatic carbocycles. The first-order valence-electron chi connectivity index (χ1n) is 6.63. The third kappa shape index (κ3) is 2.65. The number of rotatable bonds is 2. The van der Waals surface area contributed by atoms with E-state index < -0.39 is 0 Å². The van der Waals surface area contributed by atoms with E-state index in [0.29, 0.717) is 0 Å². The molecular formula is C16H18N3+. The molecule has 0 unspecified atom stereocenters. The first-order chi connectivity index (χ1) is 9.33. The molecule has 0 radical (unpaired) electrons. The number of benzene rings is 1. The third-order valence-electron chi connectivity index (χ3n) is 3.56. The van der Waals surface area contributed by atoms with Crippen molar-refractivity contribution in [3.8, 4) is 0 Å². The summed E-state index contributed by atoms with van der Waals surface area (Å²) >= 11 is 0. The van der Waals surface area contributed by atoms with Crippen molar-refractivity contribution < 1.29 is 4.57 Å². The average molecular weight is 252 g/mol. The Kier molecular flexibility index (Phi) is 3.27. The molecule has 0 saturated carbocycles. The van der Waals surface area contributed by atoms with Gasteiger partial charge in [0.1, 0.15) is 13.3 Å². The number of hydrazone groups is 1. The van der Waals surface area contributed by atoms with Crippen LogP contribution in [0.4, 0.5) is 0 Å². The summed E-state index contributed by atoms with van der Waals surface area (Å²) in [5, 5.41) is 6.73. The monoisotopic (exact) mass is 252 g/mol. The summed E-state index contributed by atoms with van der Waals surface area (Å²) in [6.45, 7) is 1.90. The number of hydrogen-bond acceptors (Lipinski definition) is 2. The first kappa shape index (κ1) is 11.9. The van der Waals surface area contributed by atoms with Crippen LogP contribution >= 0.6 is 0 Å². The summed E-state index contributed by atoms with van der Waals surface area (Å²) in [4.78, 5) is 0. The summed E-state index contributed by atoms with van der Waals surface area (Å²) in [7, 11) is 2.03. The van der Waals surface area contributed by atoms with Crippen LogP contribution in [0.5, 0.6) is 0 Å². The van der Waals surface area contributed by atoms with E-state index in [4.69, 9.17) is 0 Å². The fourth-order valence-electron chi connectivity index (χ4n) is 2.39. The van der Waals surface area contributed by atoms with Crippen molar-refractivity contribution in [2.75, 3.05) is 6.54 Å². The van der Waals surface area contributed by atoms with Crippen LogP contribution in [0, 0.1) is 0 Å². The van der Waals surface area contributed by atoms with Crippen LogP contribution in [0.15, 0.2) is 53.8 Å². The molecule has 3 rings (SSSR count). The zero-order valence-electron chi connectivity index (χ0n) is 11.2. The van der Waals surface area contributed by atoms with Crippen LogP contribution in [0.2, 0.25) is 0 Å². The number of hydrogen-bond donors (Lipinski definition) is 0. The van der Waals surface area contributed by atoms with Gasteiger partial charge >= 0.3 is 0 Å².